The van der Waals surface area contributed by atoms with Gasteiger partial charge in [-0.25, -0.2) is 0 Å². The van der Waals surface area contributed by atoms with Crippen LogP contribution in [0, 0.1) is 5.92 Å². The number of hydrogen-bond acceptors (Lipinski definition) is 1. The lowest BCUT2D eigenvalue weighted by Gasteiger charge is -2.20. The van der Waals surface area contributed by atoms with Gasteiger partial charge in [0.05, 0.1) is 0 Å². The van der Waals surface area contributed by atoms with Crippen LogP contribution in [0.1, 0.15) is 96.8 Å². The molecule has 0 aliphatic heterocycles. The fourth-order valence-electron chi connectivity index (χ4n) is 3.77. The minimum atomic E-state index is 0.839. The van der Waals surface area contributed by atoms with E-state index in [0.29, 0.717) is 0 Å². The van der Waals surface area contributed by atoms with Gasteiger partial charge in [0.1, 0.15) is 0 Å². The van der Waals surface area contributed by atoms with E-state index in [4.69, 9.17) is 0 Å². The zero-order chi connectivity index (χ0) is 13.3. The Morgan fingerprint density at radius 2 is 1.32 bits per heavy atom. The van der Waals surface area contributed by atoms with Crippen molar-refractivity contribution in [2.45, 2.75) is 109 Å². The van der Waals surface area contributed by atoms with Crippen LogP contribution in [0.3, 0.4) is 0 Å². The van der Waals surface area contributed by atoms with Gasteiger partial charge < -0.3 is 5.32 Å². The van der Waals surface area contributed by atoms with Gasteiger partial charge in [-0.3, -0.25) is 0 Å². The number of hydrogen-bond donors (Lipinski definition) is 1. The standard InChI is InChI=1S/C18H35N/c1-2-12-16-15-18(16)19-17-13-10-8-6-4-3-5-7-9-11-14-17/h16-19H,2-15H2,1H3. The third kappa shape index (κ3) is 6.29. The minimum absolute atomic E-state index is 0.839. The van der Waals surface area contributed by atoms with Crippen LogP contribution < -0.4 is 5.32 Å². The summed E-state index contributed by atoms with van der Waals surface area (Å²) in [7, 11) is 0. The summed E-state index contributed by atoms with van der Waals surface area (Å²) in [6.07, 6.45) is 20.4. The summed E-state index contributed by atoms with van der Waals surface area (Å²) >= 11 is 0. The first-order chi connectivity index (χ1) is 9.40. The van der Waals surface area contributed by atoms with E-state index < -0.39 is 0 Å². The first-order valence-electron chi connectivity index (χ1n) is 9.16. The van der Waals surface area contributed by atoms with Crippen molar-refractivity contribution in [3.8, 4) is 0 Å². The van der Waals surface area contributed by atoms with Gasteiger partial charge in [0.2, 0.25) is 0 Å². The van der Waals surface area contributed by atoms with Crippen LogP contribution in [-0.4, -0.2) is 12.1 Å². The lowest BCUT2D eigenvalue weighted by atomic mass is 9.98. The maximum Gasteiger partial charge on any atom is 0.0102 e. The molecular formula is C18H35N. The van der Waals surface area contributed by atoms with E-state index in [1.807, 2.05) is 0 Å². The molecule has 0 bridgehead atoms. The summed E-state index contributed by atoms with van der Waals surface area (Å²) in [6.45, 7) is 2.32. The van der Waals surface area contributed by atoms with E-state index in [2.05, 4.69) is 12.2 Å². The van der Waals surface area contributed by atoms with Crippen LogP contribution >= 0.6 is 0 Å². The van der Waals surface area contributed by atoms with Gasteiger partial charge in [0.25, 0.3) is 0 Å². The topological polar surface area (TPSA) is 12.0 Å². The molecule has 2 aliphatic carbocycles. The first kappa shape index (κ1) is 15.4. The molecule has 0 heterocycles. The molecule has 2 unspecified atom stereocenters. The average Bonchev–Trinajstić information content (AvgIpc) is 3.11. The van der Waals surface area contributed by atoms with Crippen molar-refractivity contribution in [2.24, 2.45) is 5.92 Å². The van der Waals surface area contributed by atoms with Crippen molar-refractivity contribution >= 4 is 0 Å². The highest BCUT2D eigenvalue weighted by molar-refractivity contribution is 4.94. The van der Waals surface area contributed by atoms with Crippen LogP contribution in [0.25, 0.3) is 0 Å². The Labute approximate surface area is 120 Å². The summed E-state index contributed by atoms with van der Waals surface area (Å²) in [6, 6.07) is 1.73. The fraction of sp³-hybridized carbons (Fsp3) is 1.00. The maximum atomic E-state index is 3.98. The van der Waals surface area contributed by atoms with E-state index >= 15 is 0 Å². The molecule has 2 atom stereocenters. The SMILES string of the molecule is CCCC1CC1NC1CCCCCCCCCCC1. The molecule has 0 aromatic rings. The van der Waals surface area contributed by atoms with Gasteiger partial charge in [-0.15, -0.1) is 0 Å². The molecule has 2 rings (SSSR count). The Hall–Kier alpha value is -0.0400. The zero-order valence-electron chi connectivity index (χ0n) is 13.1. The van der Waals surface area contributed by atoms with Gasteiger partial charge in [-0.1, -0.05) is 71.1 Å². The van der Waals surface area contributed by atoms with Crippen molar-refractivity contribution in [1.29, 1.82) is 0 Å². The largest absolute Gasteiger partial charge is 0.311 e. The molecule has 19 heavy (non-hydrogen) atoms. The molecule has 1 N–H and O–H groups in total. The van der Waals surface area contributed by atoms with Crippen LogP contribution in [0.5, 0.6) is 0 Å². The summed E-state index contributed by atoms with van der Waals surface area (Å²) in [5, 5.41) is 3.98. The Morgan fingerprint density at radius 1 is 0.789 bits per heavy atom. The predicted octanol–water partition coefficient (Wildman–Crippen LogP) is 5.44. The summed E-state index contributed by atoms with van der Waals surface area (Å²) in [5.41, 5.74) is 0. The highest BCUT2D eigenvalue weighted by Crippen LogP contribution is 2.35. The maximum absolute atomic E-state index is 3.98. The second-order valence-corrected chi connectivity index (χ2v) is 7.01. The van der Waals surface area contributed by atoms with Gasteiger partial charge in [0.15, 0.2) is 0 Å². The van der Waals surface area contributed by atoms with Crippen LogP contribution in [0.15, 0.2) is 0 Å². The molecule has 0 aromatic heterocycles. The summed E-state index contributed by atoms with van der Waals surface area (Å²) in [4.78, 5) is 0. The highest BCUT2D eigenvalue weighted by atomic mass is 15.0. The molecule has 2 fully saturated rings. The van der Waals surface area contributed by atoms with Crippen molar-refractivity contribution in [1.82, 2.24) is 5.32 Å². The van der Waals surface area contributed by atoms with Crippen molar-refractivity contribution in [2.75, 3.05) is 0 Å². The Balaban J connectivity index is 1.66. The van der Waals surface area contributed by atoms with Gasteiger partial charge in [0, 0.05) is 12.1 Å². The fourth-order valence-corrected chi connectivity index (χ4v) is 3.77. The predicted molar refractivity (Wildman–Crippen MR) is 84.5 cm³/mol. The Bertz CT molecular complexity index is 214. The lowest BCUT2D eigenvalue weighted by Crippen LogP contribution is -2.32. The third-order valence-corrected chi connectivity index (χ3v) is 5.14. The van der Waals surface area contributed by atoms with Crippen LogP contribution in [0.4, 0.5) is 0 Å². The van der Waals surface area contributed by atoms with Crippen LogP contribution in [-0.2, 0) is 0 Å². The monoisotopic (exact) mass is 265 g/mol. The molecule has 2 aliphatic rings. The highest BCUT2D eigenvalue weighted by Gasteiger charge is 2.36. The molecule has 0 saturated heterocycles. The normalized spacial score (nSPS) is 31.4. The molecule has 2 saturated carbocycles. The van der Waals surface area contributed by atoms with Gasteiger partial charge in [-0.05, 0) is 31.6 Å². The van der Waals surface area contributed by atoms with E-state index in [9.17, 15) is 0 Å². The van der Waals surface area contributed by atoms with Crippen molar-refractivity contribution < 1.29 is 0 Å². The van der Waals surface area contributed by atoms with E-state index in [1.165, 1.54) is 89.9 Å². The van der Waals surface area contributed by atoms with Crippen molar-refractivity contribution in [3.63, 3.8) is 0 Å². The first-order valence-corrected chi connectivity index (χ1v) is 9.16. The quantitative estimate of drug-likeness (QED) is 0.714. The molecule has 0 aromatic carbocycles. The van der Waals surface area contributed by atoms with Crippen molar-refractivity contribution in [3.05, 3.63) is 0 Å². The molecular weight excluding hydrogens is 230 g/mol. The smallest absolute Gasteiger partial charge is 0.0102 e. The Morgan fingerprint density at radius 3 is 1.84 bits per heavy atom. The molecule has 1 heteroatoms. The molecule has 0 spiro atoms. The molecule has 0 radical (unpaired) electrons. The van der Waals surface area contributed by atoms with E-state index in [-0.39, 0.29) is 0 Å². The second kappa shape index (κ2) is 9.00. The molecule has 1 nitrogen and oxygen atoms in total. The summed E-state index contributed by atoms with van der Waals surface area (Å²) < 4.78 is 0. The number of nitrogens with one attached hydrogen (secondary N) is 1. The van der Waals surface area contributed by atoms with E-state index in [0.717, 1.165) is 18.0 Å². The number of rotatable bonds is 4. The molecule has 0 amide bonds. The Kier molecular flexibility index (Phi) is 7.27. The van der Waals surface area contributed by atoms with Crippen LogP contribution in [0.2, 0.25) is 0 Å². The summed E-state index contributed by atoms with van der Waals surface area (Å²) in [5.74, 6) is 1.02. The zero-order valence-corrected chi connectivity index (χ0v) is 13.1. The van der Waals surface area contributed by atoms with Gasteiger partial charge >= 0.3 is 0 Å². The third-order valence-electron chi connectivity index (χ3n) is 5.14. The molecule has 112 valence electrons. The minimum Gasteiger partial charge on any atom is -0.311 e. The second-order valence-electron chi connectivity index (χ2n) is 7.01. The average molecular weight is 265 g/mol. The lowest BCUT2D eigenvalue weighted by molar-refractivity contribution is 0.393. The van der Waals surface area contributed by atoms with Gasteiger partial charge in [-0.2, -0.15) is 0 Å². The van der Waals surface area contributed by atoms with E-state index in [1.54, 1.807) is 0 Å².